The largest absolute Gasteiger partial charge is 0.503 e. The second-order valence-corrected chi connectivity index (χ2v) is 10.1. The van der Waals surface area contributed by atoms with Gasteiger partial charge in [-0.25, -0.2) is 4.79 Å². The fourth-order valence-corrected chi connectivity index (χ4v) is 5.52. The molecule has 0 fully saturated rings. The first-order valence-electron chi connectivity index (χ1n) is 11.8. The maximum Gasteiger partial charge on any atom is 0.337 e. The van der Waals surface area contributed by atoms with Crippen LogP contribution in [0.2, 0.25) is 0 Å². The standard InChI is InChI=1S/C28H30BrNO6/c1-14(2)36-28(33)24-15(3)30-20-11-16(18-8-6-7-9-22(18)34-4)12-21(31)26(20)25(24)17-10-19(29)27(32)23(13-17)35-5/h6-10,13-14,16,25,30,32H,11-12H2,1-5H3/t16-,25+/m0/s1. The number of esters is 1. The van der Waals surface area contributed by atoms with E-state index in [-0.39, 0.29) is 35.7 Å². The van der Waals surface area contributed by atoms with Crippen LogP contribution in [0.25, 0.3) is 0 Å². The fraction of sp³-hybridized carbons (Fsp3) is 0.357. The van der Waals surface area contributed by atoms with E-state index in [9.17, 15) is 14.7 Å². The number of carbonyl (C=O) groups excluding carboxylic acids is 2. The average molecular weight is 556 g/mol. The van der Waals surface area contributed by atoms with Gasteiger partial charge in [0.1, 0.15) is 5.75 Å². The molecule has 0 saturated carbocycles. The number of hydrogen-bond acceptors (Lipinski definition) is 7. The van der Waals surface area contributed by atoms with Gasteiger partial charge in [-0.3, -0.25) is 4.79 Å². The van der Waals surface area contributed by atoms with Crippen LogP contribution < -0.4 is 14.8 Å². The molecule has 0 unspecified atom stereocenters. The van der Waals surface area contributed by atoms with Gasteiger partial charge in [0.25, 0.3) is 0 Å². The Kier molecular flexibility index (Phi) is 7.45. The van der Waals surface area contributed by atoms with Crippen molar-refractivity contribution in [3.05, 3.63) is 74.5 Å². The van der Waals surface area contributed by atoms with Crippen LogP contribution in [0.5, 0.6) is 17.2 Å². The molecule has 1 aliphatic carbocycles. The summed E-state index contributed by atoms with van der Waals surface area (Å²) < 4.78 is 16.9. The predicted molar refractivity (Wildman–Crippen MR) is 139 cm³/mol. The topological polar surface area (TPSA) is 94.1 Å². The molecular weight excluding hydrogens is 526 g/mol. The summed E-state index contributed by atoms with van der Waals surface area (Å²) in [5.74, 6) is -0.369. The molecule has 0 spiro atoms. The summed E-state index contributed by atoms with van der Waals surface area (Å²) in [5.41, 5.74) is 3.91. The normalized spacial score (nSPS) is 19.7. The van der Waals surface area contributed by atoms with Crippen molar-refractivity contribution in [2.45, 2.75) is 51.6 Å². The third-order valence-electron chi connectivity index (χ3n) is 6.57. The SMILES string of the molecule is COc1ccccc1[C@@H]1CC(=O)C2=C(C1)NC(C)=C(C(=O)OC(C)C)[C@H]2c1cc(Br)c(O)c(OC)c1. The van der Waals surface area contributed by atoms with E-state index in [1.165, 1.54) is 7.11 Å². The quantitative estimate of drug-likeness (QED) is 0.455. The molecule has 7 nitrogen and oxygen atoms in total. The molecule has 0 bridgehead atoms. The highest BCUT2D eigenvalue weighted by atomic mass is 79.9. The number of methoxy groups -OCH3 is 2. The number of phenolic OH excluding ortho intramolecular Hbond substituents is 1. The summed E-state index contributed by atoms with van der Waals surface area (Å²) in [6, 6.07) is 11.1. The maximum atomic E-state index is 13.8. The van der Waals surface area contributed by atoms with Crippen LogP contribution in [0.4, 0.5) is 0 Å². The lowest BCUT2D eigenvalue weighted by atomic mass is 9.71. The molecule has 2 aromatic carbocycles. The summed E-state index contributed by atoms with van der Waals surface area (Å²) >= 11 is 3.38. The van der Waals surface area contributed by atoms with Crippen LogP contribution >= 0.6 is 15.9 Å². The number of halogens is 1. The molecule has 4 rings (SSSR count). The molecule has 0 radical (unpaired) electrons. The summed E-state index contributed by atoms with van der Waals surface area (Å²) in [7, 11) is 3.08. The molecule has 0 amide bonds. The Morgan fingerprint density at radius 3 is 2.47 bits per heavy atom. The Morgan fingerprint density at radius 2 is 1.81 bits per heavy atom. The second kappa shape index (κ2) is 10.4. The molecule has 36 heavy (non-hydrogen) atoms. The van der Waals surface area contributed by atoms with Crippen LogP contribution in [-0.4, -0.2) is 37.2 Å². The molecule has 2 aliphatic rings. The summed E-state index contributed by atoms with van der Waals surface area (Å²) in [4.78, 5) is 27.1. The van der Waals surface area contributed by atoms with Crippen LogP contribution in [-0.2, 0) is 14.3 Å². The number of para-hydroxylation sites is 1. The Bertz CT molecular complexity index is 1280. The van der Waals surface area contributed by atoms with Crippen LogP contribution in [0.15, 0.2) is 63.4 Å². The Hall–Kier alpha value is -3.26. The first-order chi connectivity index (χ1) is 17.2. The zero-order valence-corrected chi connectivity index (χ0v) is 22.6. The van der Waals surface area contributed by atoms with Crippen LogP contribution in [0, 0.1) is 0 Å². The van der Waals surface area contributed by atoms with Crippen molar-refractivity contribution in [3.63, 3.8) is 0 Å². The van der Waals surface area contributed by atoms with Crippen molar-refractivity contribution in [1.29, 1.82) is 0 Å². The predicted octanol–water partition coefficient (Wildman–Crippen LogP) is 5.49. The number of nitrogens with one attached hydrogen (secondary N) is 1. The number of carbonyl (C=O) groups is 2. The molecule has 2 aromatic rings. The number of ketones is 1. The van der Waals surface area contributed by atoms with E-state index in [4.69, 9.17) is 14.2 Å². The third-order valence-corrected chi connectivity index (χ3v) is 7.18. The lowest BCUT2D eigenvalue weighted by molar-refractivity contribution is -0.143. The maximum absolute atomic E-state index is 13.8. The summed E-state index contributed by atoms with van der Waals surface area (Å²) in [6.07, 6.45) is 0.532. The van der Waals surface area contributed by atoms with E-state index in [0.717, 1.165) is 17.0 Å². The van der Waals surface area contributed by atoms with E-state index in [1.54, 1.807) is 33.1 Å². The zero-order valence-electron chi connectivity index (χ0n) is 21.0. The van der Waals surface area contributed by atoms with Crippen molar-refractivity contribution in [2.24, 2.45) is 0 Å². The number of Topliss-reactive ketones (excluding diaryl/α,β-unsaturated/α-hetero) is 1. The Morgan fingerprint density at radius 1 is 1.11 bits per heavy atom. The van der Waals surface area contributed by atoms with Crippen molar-refractivity contribution in [1.82, 2.24) is 5.32 Å². The van der Waals surface area contributed by atoms with Crippen molar-refractivity contribution >= 4 is 27.7 Å². The highest BCUT2D eigenvalue weighted by molar-refractivity contribution is 9.10. The Labute approximate surface area is 219 Å². The molecule has 2 N–H and O–H groups in total. The highest BCUT2D eigenvalue weighted by Gasteiger charge is 2.42. The number of dihydropyridines is 1. The smallest absolute Gasteiger partial charge is 0.337 e. The van der Waals surface area contributed by atoms with Gasteiger partial charge in [-0.1, -0.05) is 18.2 Å². The molecule has 2 atom stereocenters. The number of ether oxygens (including phenoxy) is 3. The first kappa shape index (κ1) is 25.8. The van der Waals surface area contributed by atoms with Gasteiger partial charge in [-0.05, 0) is 72.4 Å². The van der Waals surface area contributed by atoms with Crippen molar-refractivity contribution < 1.29 is 28.9 Å². The number of benzene rings is 2. The monoisotopic (exact) mass is 555 g/mol. The molecule has 0 aromatic heterocycles. The minimum absolute atomic E-state index is 0.0531. The number of phenols is 1. The van der Waals surface area contributed by atoms with Crippen LogP contribution in [0.1, 0.15) is 56.6 Å². The number of aromatic hydroxyl groups is 1. The molecule has 0 saturated heterocycles. The lowest BCUT2D eigenvalue weighted by Gasteiger charge is -2.37. The molecule has 8 heteroatoms. The van der Waals surface area contributed by atoms with Gasteiger partial charge < -0.3 is 24.6 Å². The molecular formula is C28H30BrNO6. The van der Waals surface area contributed by atoms with Gasteiger partial charge in [-0.2, -0.15) is 0 Å². The average Bonchev–Trinajstić information content (AvgIpc) is 2.84. The number of hydrogen-bond donors (Lipinski definition) is 2. The van der Waals surface area contributed by atoms with E-state index >= 15 is 0 Å². The fourth-order valence-electron chi connectivity index (χ4n) is 5.06. The summed E-state index contributed by atoms with van der Waals surface area (Å²) in [6.45, 7) is 5.39. The molecule has 1 aliphatic heterocycles. The second-order valence-electron chi connectivity index (χ2n) is 9.27. The zero-order chi connectivity index (χ0) is 26.1. The third kappa shape index (κ3) is 4.74. The van der Waals surface area contributed by atoms with E-state index in [1.807, 2.05) is 31.2 Å². The minimum atomic E-state index is -0.676. The van der Waals surface area contributed by atoms with E-state index in [0.29, 0.717) is 33.3 Å². The van der Waals surface area contributed by atoms with Gasteiger partial charge in [-0.15, -0.1) is 0 Å². The molecule has 190 valence electrons. The van der Waals surface area contributed by atoms with E-state index < -0.39 is 11.9 Å². The van der Waals surface area contributed by atoms with Crippen molar-refractivity contribution in [3.8, 4) is 17.2 Å². The van der Waals surface area contributed by atoms with Gasteiger partial charge in [0.05, 0.1) is 30.4 Å². The number of allylic oxidation sites excluding steroid dienone is 3. The molecule has 1 heterocycles. The highest BCUT2D eigenvalue weighted by Crippen LogP contribution is 2.49. The first-order valence-corrected chi connectivity index (χ1v) is 12.6. The Balaban J connectivity index is 1.86. The van der Waals surface area contributed by atoms with Crippen LogP contribution in [0.3, 0.4) is 0 Å². The van der Waals surface area contributed by atoms with E-state index in [2.05, 4.69) is 21.2 Å². The van der Waals surface area contributed by atoms with Gasteiger partial charge in [0.15, 0.2) is 17.3 Å². The van der Waals surface area contributed by atoms with Gasteiger partial charge in [0.2, 0.25) is 0 Å². The van der Waals surface area contributed by atoms with Crippen molar-refractivity contribution in [2.75, 3.05) is 14.2 Å². The summed E-state index contributed by atoms with van der Waals surface area (Å²) in [5, 5.41) is 13.7. The number of rotatable bonds is 6. The van der Waals surface area contributed by atoms with Gasteiger partial charge in [0, 0.05) is 35.2 Å². The van der Waals surface area contributed by atoms with Gasteiger partial charge >= 0.3 is 5.97 Å². The lowest BCUT2D eigenvalue weighted by Crippen LogP contribution is -2.36. The minimum Gasteiger partial charge on any atom is -0.503 e.